The maximum Gasteiger partial charge on any atom is 0.360 e. The first-order valence-electron chi connectivity index (χ1n) is 28.6. The molecule has 0 atom stereocenters. The third-order valence-electron chi connectivity index (χ3n) is 15.0. The molecular weight excluding hydrogens is 1140 g/mol. The largest absolute Gasteiger partial charge is 0.493 e. The van der Waals surface area contributed by atoms with Gasteiger partial charge in [-0.2, -0.15) is 10.2 Å². The summed E-state index contributed by atoms with van der Waals surface area (Å²) < 4.78 is 47.7. The predicted octanol–water partition coefficient (Wildman–Crippen LogP) is 11.0. The second kappa shape index (κ2) is 28.3. The molecule has 22 heteroatoms. The minimum absolute atomic E-state index is 0.0416. The first kappa shape index (κ1) is 61.5. The van der Waals surface area contributed by atoms with Crippen LogP contribution in [0.3, 0.4) is 0 Å². The van der Waals surface area contributed by atoms with Crippen LogP contribution in [0.2, 0.25) is 0 Å². The van der Waals surface area contributed by atoms with E-state index in [4.69, 9.17) is 43.6 Å². The summed E-state index contributed by atoms with van der Waals surface area (Å²) in [5.74, 6) is 3.39. The van der Waals surface area contributed by atoms with E-state index < -0.39 is 28.3 Å². The van der Waals surface area contributed by atoms with E-state index in [0.29, 0.717) is 106 Å². The number of aromatic carboxylic acids is 1. The number of anilines is 1. The van der Waals surface area contributed by atoms with Crippen molar-refractivity contribution >= 4 is 39.4 Å². The Kier molecular flexibility index (Phi) is 19.6. The lowest BCUT2D eigenvalue weighted by Gasteiger charge is -2.24. The van der Waals surface area contributed by atoms with Gasteiger partial charge < -0.3 is 48.7 Å². The summed E-state index contributed by atoms with van der Waals surface area (Å²) in [6, 6.07) is 32.9. The fourth-order valence-corrected chi connectivity index (χ4v) is 10.1. The number of ketones is 1. The van der Waals surface area contributed by atoms with E-state index in [1.165, 1.54) is 0 Å². The van der Waals surface area contributed by atoms with E-state index in [0.717, 1.165) is 58.7 Å². The number of nitrogens with zero attached hydrogens (tertiary/aromatic N) is 8. The number of hydrogen-bond donors (Lipinski definition) is 2. The van der Waals surface area contributed by atoms with Gasteiger partial charge in [0.2, 0.25) is 16.6 Å². The molecule has 2 fully saturated rings. The van der Waals surface area contributed by atoms with Gasteiger partial charge in [-0.3, -0.25) is 38.7 Å². The molecule has 6 aromatic heterocycles. The quantitative estimate of drug-likeness (QED) is 0.0851. The van der Waals surface area contributed by atoms with E-state index in [1.807, 2.05) is 80.6 Å². The van der Waals surface area contributed by atoms with E-state index >= 15 is 0 Å². The minimum atomic E-state index is -1.30. The summed E-state index contributed by atoms with van der Waals surface area (Å²) in [4.78, 5) is 68.2. The number of hydrogen-bond acceptors (Lipinski definition) is 19. The normalized spacial score (nSPS) is 13.3. The molecule has 12 rings (SSSR count). The molecule has 4 aromatic carbocycles. The average Bonchev–Trinajstić information content (AvgIpc) is 1.06. The summed E-state index contributed by atoms with van der Waals surface area (Å²) in [7, 11) is 6.31. The zero-order chi connectivity index (χ0) is 62.6. The van der Waals surface area contributed by atoms with Gasteiger partial charge in [-0.25, -0.2) is 9.78 Å². The number of fused-ring (bicyclic) bond motifs is 2. The molecule has 0 radical (unpaired) electrons. The molecule has 456 valence electrons. The molecule has 8 heterocycles. The number of rotatable bonds is 16. The number of pyridine rings is 4. The Bertz CT molecular complexity index is 4260. The van der Waals surface area contributed by atoms with Crippen LogP contribution in [0.1, 0.15) is 75.6 Å². The van der Waals surface area contributed by atoms with Crippen LogP contribution in [-0.2, 0) is 15.9 Å². The van der Waals surface area contributed by atoms with Gasteiger partial charge >= 0.3 is 5.97 Å². The van der Waals surface area contributed by atoms with Gasteiger partial charge in [0.25, 0.3) is 0 Å². The highest BCUT2D eigenvalue weighted by atomic mass is 16.5. The summed E-state index contributed by atoms with van der Waals surface area (Å²) in [6.45, 7) is 6.39. The number of methoxy groups -OCH3 is 4. The molecule has 2 aliphatic heterocycles. The Morgan fingerprint density at radius 1 is 0.539 bits per heavy atom. The van der Waals surface area contributed by atoms with Crippen LogP contribution in [0.4, 0.5) is 5.82 Å². The Morgan fingerprint density at radius 3 is 1.38 bits per heavy atom. The van der Waals surface area contributed by atoms with Crippen LogP contribution in [-0.4, -0.2) is 111 Å². The van der Waals surface area contributed by atoms with E-state index in [-0.39, 0.29) is 24.2 Å². The summed E-state index contributed by atoms with van der Waals surface area (Å²) in [5.41, 5.74) is 10.4. The standard InChI is InChI=1S/C34H32N4O6.C17H18N2O4.C16H15N3O3/c1-21-4-6-22(7-5-21)27-20-38(24-11-14-43-15-12-24)37-33(34(27)40)29(39)16-23-8-9-25(19-36-23)44-30-10-13-35-28-18-32(42-3)31(41-2)17-26(28)30;1-11-2-4-12(5-3-11)14-10-19(13-6-8-23-9-7-13)18-15(16(14)20)17(21)22;1-20-14-7-11-12(8-15(14)21-2)18-6-5-13(11)22-10-3-4-16(17)19-9-10/h4-10,13,17-20,24H,11-12,14-16H2,1-3H3;2-5,10,13H,6-9H2,1H3,(H,21,22);3-9H,1-2H3,(H2,17,19). The monoisotopic (exact) mass is 1200 g/mol. The van der Waals surface area contributed by atoms with Gasteiger partial charge in [-0.05, 0) is 99.2 Å². The fourth-order valence-electron chi connectivity index (χ4n) is 10.1. The first-order chi connectivity index (χ1) is 43.2. The highest BCUT2D eigenvalue weighted by Crippen LogP contribution is 2.39. The van der Waals surface area contributed by atoms with Gasteiger partial charge in [-0.1, -0.05) is 59.7 Å². The average molecular weight is 1200 g/mol. The maximum atomic E-state index is 13.6. The predicted molar refractivity (Wildman–Crippen MR) is 333 cm³/mol. The highest BCUT2D eigenvalue weighted by molar-refractivity contribution is 5.96. The third-order valence-corrected chi connectivity index (χ3v) is 15.0. The Morgan fingerprint density at radius 2 is 0.966 bits per heavy atom. The van der Waals surface area contributed by atoms with Crippen molar-refractivity contribution in [2.45, 2.75) is 58.0 Å². The number of nitrogens with two attached hydrogens (primary N) is 1. The molecule has 0 unspecified atom stereocenters. The van der Waals surface area contributed by atoms with Gasteiger partial charge in [0.05, 0.1) is 70.4 Å². The molecule has 2 aliphatic rings. The first-order valence-corrected chi connectivity index (χ1v) is 28.6. The lowest BCUT2D eigenvalue weighted by atomic mass is 10.0. The van der Waals surface area contributed by atoms with Crippen molar-refractivity contribution in [1.82, 2.24) is 39.5 Å². The number of nitrogen functional groups attached to an aromatic ring is 1. The molecule has 10 aromatic rings. The zero-order valence-electron chi connectivity index (χ0n) is 49.9. The molecule has 0 saturated carbocycles. The van der Waals surface area contributed by atoms with Crippen molar-refractivity contribution < 1.29 is 52.6 Å². The molecule has 22 nitrogen and oxygen atoms in total. The molecular formula is C67H65N9O13. The smallest absolute Gasteiger partial charge is 0.360 e. The number of benzene rings is 4. The van der Waals surface area contributed by atoms with Crippen LogP contribution in [0.5, 0.6) is 46.0 Å². The van der Waals surface area contributed by atoms with E-state index in [1.54, 1.807) is 117 Å². The van der Waals surface area contributed by atoms with Gasteiger partial charge in [0.15, 0.2) is 34.5 Å². The molecule has 2 saturated heterocycles. The van der Waals surface area contributed by atoms with E-state index in [2.05, 4.69) is 30.1 Å². The second-order valence-electron chi connectivity index (χ2n) is 20.9. The van der Waals surface area contributed by atoms with Crippen LogP contribution < -0.4 is 45.0 Å². The van der Waals surface area contributed by atoms with Crippen LogP contribution in [0, 0.1) is 13.8 Å². The van der Waals surface area contributed by atoms with Gasteiger partial charge in [0.1, 0.15) is 28.8 Å². The van der Waals surface area contributed by atoms with Crippen molar-refractivity contribution in [3.05, 3.63) is 195 Å². The van der Waals surface area contributed by atoms with Crippen molar-refractivity contribution in [3.8, 4) is 68.2 Å². The number of ether oxygens (including phenoxy) is 8. The Balaban J connectivity index is 0.000000163. The lowest BCUT2D eigenvalue weighted by Crippen LogP contribution is -2.29. The maximum absolute atomic E-state index is 13.6. The van der Waals surface area contributed by atoms with Gasteiger partial charge in [0, 0.05) is 90.9 Å². The highest BCUT2D eigenvalue weighted by Gasteiger charge is 2.25. The molecule has 0 aliphatic carbocycles. The molecule has 0 spiro atoms. The molecule has 0 bridgehead atoms. The summed E-state index contributed by atoms with van der Waals surface area (Å²) >= 11 is 0. The second-order valence-corrected chi connectivity index (χ2v) is 20.9. The molecule has 89 heavy (non-hydrogen) atoms. The van der Waals surface area contributed by atoms with Crippen molar-refractivity contribution in [1.29, 1.82) is 0 Å². The number of carboxylic acid groups (broad SMARTS) is 1. The lowest BCUT2D eigenvalue weighted by molar-refractivity contribution is 0.0631. The van der Waals surface area contributed by atoms with Crippen molar-refractivity contribution in [3.63, 3.8) is 0 Å². The Labute approximate surface area is 511 Å². The van der Waals surface area contributed by atoms with Gasteiger partial charge in [-0.15, -0.1) is 0 Å². The third kappa shape index (κ3) is 14.6. The fraction of sp³-hybridized carbons (Fsp3) is 0.254. The van der Waals surface area contributed by atoms with Crippen LogP contribution in [0.15, 0.2) is 156 Å². The van der Waals surface area contributed by atoms with E-state index in [9.17, 15) is 24.3 Å². The number of aryl methyl sites for hydroxylation is 2. The summed E-state index contributed by atoms with van der Waals surface area (Å²) in [5, 5.41) is 19.5. The topological polar surface area (TPSA) is 276 Å². The van der Waals surface area contributed by atoms with Crippen LogP contribution >= 0.6 is 0 Å². The number of carbonyl (C=O) groups excluding carboxylic acids is 1. The Hall–Kier alpha value is -10.6. The number of aromatic nitrogens is 8. The number of carboxylic acids is 1. The number of Topliss-reactive ketones (excluding diaryl/α,β-unsaturated/α-hetero) is 1. The van der Waals surface area contributed by atoms with Crippen molar-refractivity contribution in [2.24, 2.45) is 0 Å². The minimum Gasteiger partial charge on any atom is -0.493 e. The number of carbonyl (C=O) groups is 2. The molecule has 3 N–H and O–H groups in total. The van der Waals surface area contributed by atoms with Crippen LogP contribution in [0.25, 0.3) is 44.1 Å². The zero-order valence-corrected chi connectivity index (χ0v) is 49.9. The van der Waals surface area contributed by atoms with Crippen molar-refractivity contribution in [2.75, 3.05) is 60.6 Å². The molecule has 0 amide bonds. The summed E-state index contributed by atoms with van der Waals surface area (Å²) in [6.07, 6.45) is 12.8. The SMILES string of the molecule is COc1cc2nccc(Oc3ccc(CC(=O)c4nn(C5CCOCC5)cc(-c5ccc(C)cc5)c4=O)nc3)c2cc1OC.COc1cc2nccc(Oc3ccc(N)nc3)c2cc1OC.Cc1ccc(-c2cn(C3CCOCC3)nc(C(=O)O)c2=O)cc1.